The Hall–Kier alpha value is -0.580. The van der Waals surface area contributed by atoms with Gasteiger partial charge in [0.05, 0.1) is 25.4 Å². The fraction of sp³-hybridized carbons (Fsp3) is 0.939. The van der Waals surface area contributed by atoms with Gasteiger partial charge in [0.15, 0.2) is 12.1 Å². The Morgan fingerprint density at radius 2 is 1.78 bits per heavy atom. The van der Waals surface area contributed by atoms with E-state index in [9.17, 15) is 20.4 Å². The van der Waals surface area contributed by atoms with E-state index < -0.39 is 37.3 Å². The number of rotatable bonds is 3. The zero-order valence-corrected chi connectivity index (χ0v) is 25.3. The van der Waals surface area contributed by atoms with E-state index in [0.29, 0.717) is 47.0 Å². The van der Waals surface area contributed by atoms with Crippen molar-refractivity contribution in [3.63, 3.8) is 0 Å². The molecule has 0 aromatic rings. The van der Waals surface area contributed by atoms with Gasteiger partial charge in [-0.3, -0.25) is 0 Å². The summed E-state index contributed by atoms with van der Waals surface area (Å²) in [6.45, 7) is 10.1. The average Bonchev–Trinajstić information content (AvgIpc) is 3.40. The quantitative estimate of drug-likeness (QED) is 0.377. The van der Waals surface area contributed by atoms with E-state index in [2.05, 4.69) is 33.8 Å². The molecule has 8 heteroatoms. The molecule has 0 aromatic carbocycles. The van der Waals surface area contributed by atoms with Gasteiger partial charge in [0.25, 0.3) is 0 Å². The van der Waals surface area contributed by atoms with E-state index in [-0.39, 0.29) is 17.3 Å². The van der Waals surface area contributed by atoms with Gasteiger partial charge in [-0.15, -0.1) is 0 Å². The van der Waals surface area contributed by atoms with Crippen LogP contribution in [0.4, 0.5) is 0 Å². The summed E-state index contributed by atoms with van der Waals surface area (Å²) in [4.78, 5) is 0. The Balaban J connectivity index is 1.05. The smallest absolute Gasteiger partial charge is 0.186 e. The molecule has 6 fully saturated rings. The summed E-state index contributed by atoms with van der Waals surface area (Å²) >= 11 is 0. The third-order valence-corrected chi connectivity index (χ3v) is 13.5. The lowest BCUT2D eigenvalue weighted by Crippen LogP contribution is -2.60. The maximum absolute atomic E-state index is 10.5. The highest BCUT2D eigenvalue weighted by Crippen LogP contribution is 2.70. The van der Waals surface area contributed by atoms with Crippen molar-refractivity contribution in [3.8, 4) is 0 Å². The fourth-order valence-corrected chi connectivity index (χ4v) is 11.1. The van der Waals surface area contributed by atoms with E-state index >= 15 is 0 Å². The summed E-state index contributed by atoms with van der Waals surface area (Å²) in [5, 5.41) is 40.4. The van der Waals surface area contributed by atoms with Crippen molar-refractivity contribution in [2.45, 2.75) is 134 Å². The van der Waals surface area contributed by atoms with Crippen molar-refractivity contribution in [3.05, 3.63) is 11.6 Å². The summed E-state index contributed by atoms with van der Waals surface area (Å²) in [5.41, 5.74) is 1.91. The van der Waals surface area contributed by atoms with Gasteiger partial charge in [-0.05, 0) is 91.8 Å². The van der Waals surface area contributed by atoms with Gasteiger partial charge in [0.1, 0.15) is 24.4 Å². The normalized spacial score (nSPS) is 58.3. The highest BCUT2D eigenvalue weighted by atomic mass is 16.7. The van der Waals surface area contributed by atoms with Crippen LogP contribution >= 0.6 is 0 Å². The van der Waals surface area contributed by atoms with Crippen LogP contribution in [0.3, 0.4) is 0 Å². The van der Waals surface area contributed by atoms with Crippen LogP contribution in [-0.4, -0.2) is 82.3 Å². The van der Waals surface area contributed by atoms with Crippen LogP contribution in [-0.2, 0) is 18.9 Å². The van der Waals surface area contributed by atoms with E-state index in [1.807, 2.05) is 0 Å². The fourth-order valence-electron chi connectivity index (χ4n) is 11.1. The Bertz CT molecular complexity index is 1020. The molecular weight excluding hydrogens is 524 g/mol. The number of hydrogen-bond donors (Lipinski definition) is 4. The van der Waals surface area contributed by atoms with Gasteiger partial charge >= 0.3 is 0 Å². The van der Waals surface area contributed by atoms with Gasteiger partial charge in [-0.25, -0.2) is 0 Å². The number of aliphatic hydroxyl groups is 4. The standard InChI is InChI=1S/C33H52O8/c1-17-7-12-33(38-16-17)18(2)26-24(41-33)14-23-21-6-5-19-13-20(8-10-31(19,3)22(21)9-11-32(23,26)4)39-30-29(37)28(36)27(35)25(15-34)40-30/h5,17-18,20-30,34-37H,6-16H2,1-4H3/t17-,18+,20+,21-,22+,23+,24+,25-,26+,27-,28+,29-,30-,31+,32+,33-/m1/s1. The molecule has 7 rings (SSSR count). The third kappa shape index (κ3) is 4.29. The van der Waals surface area contributed by atoms with E-state index in [1.165, 1.54) is 24.8 Å². The Morgan fingerprint density at radius 3 is 2.51 bits per heavy atom. The summed E-state index contributed by atoms with van der Waals surface area (Å²) < 4.78 is 25.3. The summed E-state index contributed by atoms with van der Waals surface area (Å²) in [6, 6.07) is 0. The second-order valence-electron chi connectivity index (χ2n) is 15.5. The van der Waals surface area contributed by atoms with Crippen molar-refractivity contribution in [2.75, 3.05) is 13.2 Å². The molecule has 1 spiro atoms. The van der Waals surface area contributed by atoms with Crippen LogP contribution in [0.1, 0.15) is 85.5 Å². The van der Waals surface area contributed by atoms with Crippen LogP contribution in [0.2, 0.25) is 0 Å². The number of hydrogen-bond acceptors (Lipinski definition) is 8. The minimum Gasteiger partial charge on any atom is -0.394 e. The first-order valence-corrected chi connectivity index (χ1v) is 16.5. The van der Waals surface area contributed by atoms with Crippen LogP contribution in [0.25, 0.3) is 0 Å². The lowest BCUT2D eigenvalue weighted by atomic mass is 9.47. The van der Waals surface area contributed by atoms with Gasteiger partial charge in [-0.2, -0.15) is 0 Å². The predicted octanol–water partition coefficient (Wildman–Crippen LogP) is 3.54. The molecule has 41 heavy (non-hydrogen) atoms. The Labute approximate surface area is 244 Å². The SMILES string of the molecule is C[C@@H]1CC[C@@]2(OC1)O[C@H]1C[C@H]3[C@@H]4CC=C5C[C@@H](O[C@@H]6O[C@H](CO)[C@@H](O)[C@H](O)[C@H]6O)CC[C@]5(C)[C@H]4CC[C@]3(C)[C@H]1[C@@H]2C. The summed E-state index contributed by atoms with van der Waals surface area (Å²) in [7, 11) is 0. The Morgan fingerprint density at radius 1 is 0.976 bits per heavy atom. The molecule has 7 aliphatic rings. The minimum atomic E-state index is -1.41. The molecule has 3 heterocycles. The first-order chi connectivity index (χ1) is 19.5. The molecule has 3 saturated heterocycles. The molecule has 0 unspecified atom stereocenters. The van der Waals surface area contributed by atoms with Crippen molar-refractivity contribution < 1.29 is 39.4 Å². The molecular formula is C33H52O8. The van der Waals surface area contributed by atoms with E-state index in [1.54, 1.807) is 0 Å². The van der Waals surface area contributed by atoms with E-state index in [0.717, 1.165) is 45.1 Å². The molecule has 3 aliphatic heterocycles. The lowest BCUT2D eigenvalue weighted by molar-refractivity contribution is -0.313. The largest absolute Gasteiger partial charge is 0.394 e. The number of allylic oxidation sites excluding steroid dienone is 1. The van der Waals surface area contributed by atoms with Gasteiger partial charge in [0.2, 0.25) is 0 Å². The predicted molar refractivity (Wildman–Crippen MR) is 150 cm³/mol. The van der Waals surface area contributed by atoms with Crippen LogP contribution in [0.5, 0.6) is 0 Å². The lowest BCUT2D eigenvalue weighted by Gasteiger charge is -2.58. The van der Waals surface area contributed by atoms with Gasteiger partial charge in [0, 0.05) is 12.3 Å². The second kappa shape index (κ2) is 10.2. The van der Waals surface area contributed by atoms with Gasteiger partial charge in [-0.1, -0.05) is 39.3 Å². The number of aliphatic hydroxyl groups excluding tert-OH is 4. The zero-order valence-electron chi connectivity index (χ0n) is 25.3. The third-order valence-electron chi connectivity index (χ3n) is 13.5. The highest BCUT2D eigenvalue weighted by molar-refractivity contribution is 5.26. The summed E-state index contributed by atoms with van der Waals surface area (Å²) in [5.74, 6) is 3.28. The van der Waals surface area contributed by atoms with Gasteiger partial charge < -0.3 is 39.4 Å². The van der Waals surface area contributed by atoms with Crippen LogP contribution in [0.15, 0.2) is 11.6 Å². The molecule has 3 saturated carbocycles. The molecule has 0 aromatic heterocycles. The monoisotopic (exact) mass is 576 g/mol. The number of ether oxygens (including phenoxy) is 4. The molecule has 0 radical (unpaired) electrons. The van der Waals surface area contributed by atoms with Crippen LogP contribution < -0.4 is 0 Å². The topological polar surface area (TPSA) is 118 Å². The minimum absolute atomic E-state index is 0.129. The first-order valence-electron chi connectivity index (χ1n) is 16.5. The van der Waals surface area contributed by atoms with Crippen molar-refractivity contribution in [1.82, 2.24) is 0 Å². The Kier molecular flexibility index (Phi) is 7.27. The maximum Gasteiger partial charge on any atom is 0.186 e. The first kappa shape index (κ1) is 29.1. The molecule has 8 nitrogen and oxygen atoms in total. The molecule has 4 aliphatic carbocycles. The van der Waals surface area contributed by atoms with Crippen molar-refractivity contribution in [2.24, 2.45) is 46.3 Å². The molecule has 4 N–H and O–H groups in total. The maximum atomic E-state index is 10.5. The molecule has 0 amide bonds. The highest BCUT2D eigenvalue weighted by Gasteiger charge is 2.68. The van der Waals surface area contributed by atoms with Crippen molar-refractivity contribution in [1.29, 1.82) is 0 Å². The summed E-state index contributed by atoms with van der Waals surface area (Å²) in [6.07, 6.45) is 6.24. The molecule has 0 bridgehead atoms. The average molecular weight is 577 g/mol. The van der Waals surface area contributed by atoms with Crippen molar-refractivity contribution >= 4 is 0 Å². The zero-order chi connectivity index (χ0) is 28.9. The van der Waals surface area contributed by atoms with E-state index in [4.69, 9.17) is 18.9 Å². The molecule has 232 valence electrons. The van der Waals surface area contributed by atoms with Crippen LogP contribution in [0, 0.1) is 46.3 Å². The number of fused-ring (bicyclic) bond motifs is 7. The molecule has 16 atom stereocenters. The second-order valence-corrected chi connectivity index (χ2v) is 15.5.